The van der Waals surface area contributed by atoms with Crippen LogP contribution >= 0.6 is 20.8 Å². The fourth-order valence-corrected chi connectivity index (χ4v) is 12.1. The molecule has 0 unspecified atom stereocenters. The Bertz CT molecular complexity index is 825. The Hall–Kier alpha value is -1.51. The minimum atomic E-state index is -2.84. The molecule has 0 radical (unpaired) electrons. The van der Waals surface area contributed by atoms with Gasteiger partial charge in [-0.15, -0.1) is 0 Å². The minimum absolute atomic E-state index is 0.466. The molecular formula is C25H28BrO2P. The molecular weight excluding hydrogens is 443 g/mol. The van der Waals surface area contributed by atoms with Gasteiger partial charge in [-0.05, 0) is 0 Å². The van der Waals surface area contributed by atoms with Crippen molar-refractivity contribution in [3.63, 3.8) is 0 Å². The zero-order valence-corrected chi connectivity index (χ0v) is 19.3. The van der Waals surface area contributed by atoms with Crippen LogP contribution < -0.4 is 15.9 Å². The molecule has 0 amide bonds. The number of hydrogen-bond acceptors (Lipinski definition) is 2. The van der Waals surface area contributed by atoms with Gasteiger partial charge in [0.1, 0.15) is 0 Å². The Balaban J connectivity index is 1.85. The topological polar surface area (TPSA) is 18.5 Å². The second-order valence-corrected chi connectivity index (χ2v) is 16.9. The third-order valence-corrected chi connectivity index (χ3v) is 16.0. The van der Waals surface area contributed by atoms with Crippen LogP contribution in [-0.4, -0.2) is 25.2 Å². The molecule has 0 bridgehead atoms. The van der Waals surface area contributed by atoms with E-state index >= 15 is 0 Å². The SMILES string of the molecule is CC1(CCCP(Br)(c2ccccc2)(c2ccccc2)c2ccccc2)OCCO1. The summed E-state index contributed by atoms with van der Waals surface area (Å²) in [5.74, 6) is -0.466. The van der Waals surface area contributed by atoms with Crippen molar-refractivity contribution in [1.29, 1.82) is 0 Å². The van der Waals surface area contributed by atoms with Crippen molar-refractivity contribution in [2.24, 2.45) is 0 Å². The number of rotatable bonds is 7. The summed E-state index contributed by atoms with van der Waals surface area (Å²) in [7, 11) is 0. The molecule has 0 spiro atoms. The predicted octanol–water partition coefficient (Wildman–Crippen LogP) is 5.37. The zero-order chi connectivity index (χ0) is 20.2. The van der Waals surface area contributed by atoms with Crippen molar-refractivity contribution in [3.05, 3.63) is 91.0 Å². The van der Waals surface area contributed by atoms with E-state index in [1.807, 2.05) is 0 Å². The number of hydrogen-bond donors (Lipinski definition) is 0. The monoisotopic (exact) mass is 470 g/mol. The van der Waals surface area contributed by atoms with Crippen LogP contribution in [0.25, 0.3) is 0 Å². The van der Waals surface area contributed by atoms with Gasteiger partial charge in [0.25, 0.3) is 0 Å². The van der Waals surface area contributed by atoms with Crippen LogP contribution in [0.5, 0.6) is 0 Å². The standard InChI is InChI=1S/C25H28BrO2P/c1-25(27-19-20-28-25)18-11-21-29(26,22-12-5-2-6-13-22,23-14-7-3-8-15-23)24-16-9-4-10-17-24/h2-10,12-17H,11,18-21H2,1H3. The van der Waals surface area contributed by atoms with Crippen LogP contribution in [0.1, 0.15) is 19.8 Å². The van der Waals surface area contributed by atoms with E-state index in [-0.39, 0.29) is 0 Å². The Morgan fingerprint density at radius 2 is 1.10 bits per heavy atom. The number of benzene rings is 3. The molecule has 0 aliphatic carbocycles. The van der Waals surface area contributed by atoms with Gasteiger partial charge in [-0.1, -0.05) is 0 Å². The van der Waals surface area contributed by atoms with Gasteiger partial charge in [0.2, 0.25) is 0 Å². The second-order valence-electron chi connectivity index (χ2n) is 7.85. The molecule has 152 valence electrons. The van der Waals surface area contributed by atoms with Gasteiger partial charge in [-0.2, -0.15) is 0 Å². The molecule has 0 atom stereocenters. The predicted molar refractivity (Wildman–Crippen MR) is 128 cm³/mol. The maximum atomic E-state index is 5.88. The van der Waals surface area contributed by atoms with Gasteiger partial charge in [-0.3, -0.25) is 0 Å². The van der Waals surface area contributed by atoms with Gasteiger partial charge in [0.15, 0.2) is 0 Å². The molecule has 1 aliphatic rings. The molecule has 3 aromatic rings. The van der Waals surface area contributed by atoms with Crippen molar-refractivity contribution in [3.8, 4) is 0 Å². The van der Waals surface area contributed by atoms with Crippen LogP contribution in [0.2, 0.25) is 0 Å². The molecule has 4 heteroatoms. The second kappa shape index (κ2) is 8.32. The van der Waals surface area contributed by atoms with Gasteiger partial charge in [0, 0.05) is 0 Å². The average molecular weight is 471 g/mol. The van der Waals surface area contributed by atoms with Crippen LogP contribution in [0.4, 0.5) is 0 Å². The molecule has 4 rings (SSSR count). The van der Waals surface area contributed by atoms with Gasteiger partial charge >= 0.3 is 182 Å². The van der Waals surface area contributed by atoms with Crippen molar-refractivity contribution in [2.45, 2.75) is 25.6 Å². The van der Waals surface area contributed by atoms with Crippen LogP contribution in [0, 0.1) is 0 Å². The summed E-state index contributed by atoms with van der Waals surface area (Å²) < 4.78 is 11.8. The normalized spacial score (nSPS) is 17.5. The van der Waals surface area contributed by atoms with E-state index in [1.54, 1.807) is 0 Å². The summed E-state index contributed by atoms with van der Waals surface area (Å²) in [4.78, 5) is 0. The van der Waals surface area contributed by atoms with Crippen molar-refractivity contribution >= 4 is 36.7 Å². The quantitative estimate of drug-likeness (QED) is 0.432. The van der Waals surface area contributed by atoms with E-state index in [9.17, 15) is 0 Å². The first-order valence-electron chi connectivity index (χ1n) is 10.2. The summed E-state index contributed by atoms with van der Waals surface area (Å²) in [6.45, 7) is 3.44. The Kier molecular flexibility index (Phi) is 5.95. The van der Waals surface area contributed by atoms with E-state index in [4.69, 9.17) is 9.47 Å². The third kappa shape index (κ3) is 3.82. The van der Waals surface area contributed by atoms with E-state index in [2.05, 4.69) is 113 Å². The van der Waals surface area contributed by atoms with Crippen LogP contribution in [0.3, 0.4) is 0 Å². The zero-order valence-electron chi connectivity index (χ0n) is 16.8. The Labute approximate surface area is 181 Å². The van der Waals surface area contributed by atoms with Crippen molar-refractivity contribution in [1.82, 2.24) is 0 Å². The maximum absolute atomic E-state index is 5.88. The summed E-state index contributed by atoms with van der Waals surface area (Å²) in [6.07, 6.45) is 2.88. The Morgan fingerprint density at radius 1 is 0.724 bits per heavy atom. The first kappa shape index (κ1) is 20.8. The third-order valence-electron chi connectivity index (χ3n) is 5.99. The van der Waals surface area contributed by atoms with Gasteiger partial charge in [0.05, 0.1) is 0 Å². The van der Waals surface area contributed by atoms with E-state index in [1.165, 1.54) is 15.9 Å². The molecule has 1 heterocycles. The molecule has 0 N–H and O–H groups in total. The molecule has 1 fully saturated rings. The summed E-state index contributed by atoms with van der Waals surface area (Å²) in [5, 5.41) is 1.23. The summed E-state index contributed by atoms with van der Waals surface area (Å²) in [5.41, 5.74) is 0. The molecule has 29 heavy (non-hydrogen) atoms. The molecule has 2 nitrogen and oxygen atoms in total. The Morgan fingerprint density at radius 3 is 1.48 bits per heavy atom. The number of halogens is 1. The van der Waals surface area contributed by atoms with Gasteiger partial charge < -0.3 is 0 Å². The molecule has 0 saturated carbocycles. The first-order chi connectivity index (χ1) is 14.0. The molecule has 1 saturated heterocycles. The fraction of sp³-hybridized carbons (Fsp3) is 0.280. The summed E-state index contributed by atoms with van der Waals surface area (Å²) in [6, 6.07) is 32.8. The van der Waals surface area contributed by atoms with Crippen molar-refractivity contribution < 1.29 is 9.47 Å². The average Bonchev–Trinajstić information content (AvgIpc) is 3.22. The van der Waals surface area contributed by atoms with Gasteiger partial charge in [-0.25, -0.2) is 0 Å². The molecule has 1 aliphatic heterocycles. The van der Waals surface area contributed by atoms with E-state index < -0.39 is 11.1 Å². The fourth-order valence-electron chi connectivity index (χ4n) is 4.45. The first-order valence-corrected chi connectivity index (χ1v) is 14.7. The van der Waals surface area contributed by atoms with Crippen LogP contribution in [-0.2, 0) is 9.47 Å². The van der Waals surface area contributed by atoms with Crippen LogP contribution in [0.15, 0.2) is 91.0 Å². The molecule has 0 aromatic heterocycles. The number of ether oxygens (including phenoxy) is 2. The van der Waals surface area contributed by atoms with Crippen molar-refractivity contribution in [2.75, 3.05) is 19.4 Å². The summed E-state index contributed by atoms with van der Waals surface area (Å²) >= 11 is 4.49. The molecule has 3 aromatic carbocycles. The van der Waals surface area contributed by atoms with E-state index in [0.717, 1.165) is 19.0 Å². The van der Waals surface area contributed by atoms with E-state index in [0.29, 0.717) is 13.2 Å².